The average molecular weight is 367 g/mol. The van der Waals surface area contributed by atoms with E-state index in [0.29, 0.717) is 16.3 Å². The second-order valence-corrected chi connectivity index (χ2v) is 6.92. The van der Waals surface area contributed by atoms with Crippen LogP contribution < -0.4 is 5.32 Å². The predicted molar refractivity (Wildman–Crippen MR) is 103 cm³/mol. The normalized spacial score (nSPS) is 10.6. The van der Waals surface area contributed by atoms with Gasteiger partial charge in [0.25, 0.3) is 0 Å². The molecule has 2 aromatic carbocycles. The first-order chi connectivity index (χ1) is 12.5. The highest BCUT2D eigenvalue weighted by Gasteiger charge is 2.07. The lowest BCUT2D eigenvalue weighted by molar-refractivity contribution is -0.113. The highest BCUT2D eigenvalue weighted by molar-refractivity contribution is 7.99. The van der Waals surface area contributed by atoms with Crippen molar-refractivity contribution in [3.05, 3.63) is 71.5 Å². The van der Waals surface area contributed by atoms with E-state index < -0.39 is 0 Å². The van der Waals surface area contributed by atoms with Gasteiger partial charge in [0, 0.05) is 11.3 Å². The zero-order valence-corrected chi connectivity index (χ0v) is 15.3. The van der Waals surface area contributed by atoms with E-state index in [-0.39, 0.29) is 17.5 Å². The largest absolute Gasteiger partial charge is 0.325 e. The first-order valence-electron chi connectivity index (χ1n) is 8.11. The summed E-state index contributed by atoms with van der Waals surface area (Å²) in [4.78, 5) is 12.0. The maximum atomic E-state index is 13.5. The fraction of sp³-hybridized carbons (Fsp3) is 0.150. The molecule has 0 radical (unpaired) electrons. The Morgan fingerprint density at radius 2 is 1.81 bits per heavy atom. The summed E-state index contributed by atoms with van der Waals surface area (Å²) in [5.41, 5.74) is 3.96. The van der Waals surface area contributed by atoms with E-state index in [1.807, 2.05) is 43.3 Å². The molecule has 0 spiro atoms. The van der Waals surface area contributed by atoms with E-state index in [0.717, 1.165) is 11.3 Å². The zero-order valence-electron chi connectivity index (χ0n) is 14.5. The number of thioether (sulfide) groups is 1. The molecule has 0 atom stereocenters. The number of halogens is 1. The zero-order chi connectivity index (χ0) is 18.5. The number of nitrogens with zero attached hydrogens (tertiary/aromatic N) is 2. The number of nitrogens with one attached hydrogen (secondary N) is 1. The van der Waals surface area contributed by atoms with Crippen LogP contribution in [0.1, 0.15) is 11.1 Å². The maximum absolute atomic E-state index is 13.5. The monoisotopic (exact) mass is 367 g/mol. The first kappa shape index (κ1) is 18.1. The summed E-state index contributed by atoms with van der Waals surface area (Å²) in [6, 6.07) is 16.4. The van der Waals surface area contributed by atoms with E-state index in [4.69, 9.17) is 0 Å². The molecule has 132 valence electrons. The SMILES string of the molecule is Cc1ccc(-c2ccc(SCC(=O)Nc3ccc(C)c(F)c3)nn2)cc1. The van der Waals surface area contributed by atoms with Crippen molar-refractivity contribution < 1.29 is 9.18 Å². The third-order valence-corrected chi connectivity index (χ3v) is 4.71. The Hall–Kier alpha value is -2.73. The number of hydrogen-bond acceptors (Lipinski definition) is 4. The Kier molecular flexibility index (Phi) is 5.63. The Morgan fingerprint density at radius 3 is 2.46 bits per heavy atom. The van der Waals surface area contributed by atoms with E-state index in [2.05, 4.69) is 15.5 Å². The molecule has 0 fully saturated rings. The van der Waals surface area contributed by atoms with Crippen LogP contribution in [0.15, 0.2) is 59.6 Å². The van der Waals surface area contributed by atoms with Crippen LogP contribution in [0.2, 0.25) is 0 Å². The van der Waals surface area contributed by atoms with Gasteiger partial charge in [-0.05, 0) is 43.7 Å². The lowest BCUT2D eigenvalue weighted by Crippen LogP contribution is -2.14. The second kappa shape index (κ2) is 8.10. The molecule has 3 aromatic rings. The van der Waals surface area contributed by atoms with Crippen LogP contribution in [0.5, 0.6) is 0 Å². The molecule has 26 heavy (non-hydrogen) atoms. The lowest BCUT2D eigenvalue weighted by atomic mass is 10.1. The highest BCUT2D eigenvalue weighted by Crippen LogP contribution is 2.21. The molecular weight excluding hydrogens is 349 g/mol. The van der Waals surface area contributed by atoms with Crippen molar-refractivity contribution in [3.63, 3.8) is 0 Å². The quantitative estimate of drug-likeness (QED) is 0.668. The van der Waals surface area contributed by atoms with Crippen molar-refractivity contribution in [1.29, 1.82) is 0 Å². The number of amides is 1. The highest BCUT2D eigenvalue weighted by atomic mass is 32.2. The van der Waals surface area contributed by atoms with Gasteiger partial charge >= 0.3 is 0 Å². The van der Waals surface area contributed by atoms with E-state index in [9.17, 15) is 9.18 Å². The minimum atomic E-state index is -0.340. The standard InChI is InChI=1S/C20H18FN3OS/c1-13-3-6-15(7-4-13)18-9-10-20(24-23-18)26-12-19(25)22-16-8-5-14(2)17(21)11-16/h3-11H,12H2,1-2H3,(H,22,25). The third-order valence-electron chi connectivity index (χ3n) is 3.79. The first-order valence-corrected chi connectivity index (χ1v) is 9.09. The molecular formula is C20H18FN3OS. The number of anilines is 1. The van der Waals surface area contributed by atoms with Gasteiger partial charge in [0.15, 0.2) is 0 Å². The summed E-state index contributed by atoms with van der Waals surface area (Å²) >= 11 is 1.28. The summed E-state index contributed by atoms with van der Waals surface area (Å²) in [7, 11) is 0. The molecule has 0 aliphatic rings. The number of aryl methyl sites for hydroxylation is 2. The van der Waals surface area contributed by atoms with Crippen molar-refractivity contribution in [2.45, 2.75) is 18.9 Å². The van der Waals surface area contributed by atoms with Crippen LogP contribution >= 0.6 is 11.8 Å². The number of carbonyl (C=O) groups is 1. The molecule has 0 bridgehead atoms. The molecule has 1 N–H and O–H groups in total. The van der Waals surface area contributed by atoms with Gasteiger partial charge in [-0.15, -0.1) is 10.2 Å². The summed E-state index contributed by atoms with van der Waals surface area (Å²) in [5, 5.41) is 11.7. The molecule has 0 unspecified atom stereocenters. The minimum Gasteiger partial charge on any atom is -0.325 e. The average Bonchev–Trinajstić information content (AvgIpc) is 2.64. The van der Waals surface area contributed by atoms with E-state index in [1.54, 1.807) is 19.1 Å². The maximum Gasteiger partial charge on any atom is 0.234 e. The van der Waals surface area contributed by atoms with Crippen LogP contribution in [0.25, 0.3) is 11.3 Å². The fourth-order valence-electron chi connectivity index (χ4n) is 2.28. The Balaban J connectivity index is 1.56. The molecule has 1 aromatic heterocycles. The number of carbonyl (C=O) groups excluding carboxylic acids is 1. The molecule has 0 aliphatic carbocycles. The van der Waals surface area contributed by atoms with Gasteiger partial charge < -0.3 is 5.32 Å². The molecule has 1 heterocycles. The Bertz CT molecular complexity index is 911. The summed E-state index contributed by atoms with van der Waals surface area (Å²) in [5.74, 6) is -0.385. The molecule has 0 aliphatic heterocycles. The van der Waals surface area contributed by atoms with Crippen LogP contribution in [0.3, 0.4) is 0 Å². The van der Waals surface area contributed by atoms with Gasteiger partial charge in [0.1, 0.15) is 10.8 Å². The Morgan fingerprint density at radius 1 is 1.04 bits per heavy atom. The number of rotatable bonds is 5. The van der Waals surface area contributed by atoms with Gasteiger partial charge in [-0.3, -0.25) is 4.79 Å². The van der Waals surface area contributed by atoms with Crippen LogP contribution in [-0.4, -0.2) is 21.9 Å². The van der Waals surface area contributed by atoms with Crippen molar-refractivity contribution in [1.82, 2.24) is 10.2 Å². The van der Waals surface area contributed by atoms with Gasteiger partial charge in [-0.1, -0.05) is 47.7 Å². The van der Waals surface area contributed by atoms with Gasteiger partial charge in [-0.2, -0.15) is 0 Å². The van der Waals surface area contributed by atoms with E-state index in [1.165, 1.54) is 23.4 Å². The van der Waals surface area contributed by atoms with Gasteiger partial charge in [0.05, 0.1) is 11.4 Å². The predicted octanol–water partition coefficient (Wildman–Crippen LogP) is 4.63. The van der Waals surface area contributed by atoms with Gasteiger partial charge in [-0.25, -0.2) is 4.39 Å². The molecule has 3 rings (SSSR count). The second-order valence-electron chi connectivity index (χ2n) is 5.92. The van der Waals surface area contributed by atoms with Crippen molar-refractivity contribution in [2.75, 3.05) is 11.1 Å². The van der Waals surface area contributed by atoms with Crippen LogP contribution in [0, 0.1) is 19.7 Å². The van der Waals surface area contributed by atoms with Crippen LogP contribution in [0.4, 0.5) is 10.1 Å². The Labute approximate surface area is 155 Å². The minimum absolute atomic E-state index is 0.175. The van der Waals surface area contributed by atoms with Crippen LogP contribution in [-0.2, 0) is 4.79 Å². The summed E-state index contributed by atoms with van der Waals surface area (Å²) in [6.07, 6.45) is 0. The molecule has 6 heteroatoms. The number of aromatic nitrogens is 2. The van der Waals surface area contributed by atoms with Gasteiger partial charge in [0.2, 0.25) is 5.91 Å². The number of benzene rings is 2. The third kappa shape index (κ3) is 4.67. The topological polar surface area (TPSA) is 54.9 Å². The van der Waals surface area contributed by atoms with Crippen molar-refractivity contribution >= 4 is 23.4 Å². The molecule has 1 amide bonds. The fourth-order valence-corrected chi connectivity index (χ4v) is 2.90. The number of hydrogen-bond donors (Lipinski definition) is 1. The summed E-state index contributed by atoms with van der Waals surface area (Å²) in [6.45, 7) is 3.71. The summed E-state index contributed by atoms with van der Waals surface area (Å²) < 4.78 is 13.5. The van der Waals surface area contributed by atoms with Crippen molar-refractivity contribution in [3.8, 4) is 11.3 Å². The smallest absolute Gasteiger partial charge is 0.234 e. The van der Waals surface area contributed by atoms with E-state index >= 15 is 0 Å². The molecule has 4 nitrogen and oxygen atoms in total. The lowest BCUT2D eigenvalue weighted by Gasteiger charge is -2.06. The molecule has 0 saturated heterocycles. The van der Waals surface area contributed by atoms with Crippen molar-refractivity contribution in [2.24, 2.45) is 0 Å². The molecule has 0 saturated carbocycles.